The molecule has 1 atom stereocenters. The van der Waals surface area contributed by atoms with Gasteiger partial charge >= 0.3 is 5.97 Å². The first-order valence-electron chi connectivity index (χ1n) is 7.36. The second-order valence-electron chi connectivity index (χ2n) is 5.36. The molecule has 0 amide bonds. The van der Waals surface area contributed by atoms with Gasteiger partial charge in [-0.05, 0) is 40.8 Å². The van der Waals surface area contributed by atoms with Crippen LogP contribution in [0.1, 0.15) is 29.0 Å². The van der Waals surface area contributed by atoms with Crippen molar-refractivity contribution < 1.29 is 9.53 Å². The van der Waals surface area contributed by atoms with Gasteiger partial charge in [0, 0.05) is 17.6 Å². The Morgan fingerprint density at radius 1 is 1.26 bits per heavy atom. The first kappa shape index (κ1) is 14.9. The fourth-order valence-electron chi connectivity index (χ4n) is 2.85. The Balaban J connectivity index is 2.11. The highest BCUT2D eigenvalue weighted by Gasteiger charge is 2.21. The van der Waals surface area contributed by atoms with Crippen LogP contribution in [0.5, 0.6) is 0 Å². The zero-order valence-corrected chi connectivity index (χ0v) is 12.7. The third kappa shape index (κ3) is 2.95. The van der Waals surface area contributed by atoms with Crippen LogP contribution in [-0.2, 0) is 9.53 Å². The number of methoxy groups -OCH3 is 1. The fourth-order valence-corrected chi connectivity index (χ4v) is 2.85. The number of hydrogen-bond acceptors (Lipinski definition) is 3. The molecule has 1 N–H and O–H groups in total. The van der Waals surface area contributed by atoms with Gasteiger partial charge in [0.15, 0.2) is 0 Å². The van der Waals surface area contributed by atoms with Gasteiger partial charge in [-0.15, -0.1) is 0 Å². The Labute approximate surface area is 134 Å². The standard InChI is InChI=1S/C19H16N2O2/c1-23-19(22)11-17(16-5-3-2-4-15(16)12-20)13-6-7-18-14(10-13)8-9-21-18/h2-10,17,21H,11H2,1H3. The number of hydrogen-bond donors (Lipinski definition) is 1. The molecule has 4 heteroatoms. The first-order valence-corrected chi connectivity index (χ1v) is 7.36. The molecule has 1 heterocycles. The average Bonchev–Trinajstić information content (AvgIpc) is 3.07. The van der Waals surface area contributed by atoms with Crippen molar-refractivity contribution in [3.05, 3.63) is 71.4 Å². The Hall–Kier alpha value is -3.06. The molecule has 1 aromatic heterocycles. The summed E-state index contributed by atoms with van der Waals surface area (Å²) in [6.07, 6.45) is 2.08. The van der Waals surface area contributed by atoms with E-state index in [1.54, 1.807) is 6.07 Å². The molecular formula is C19H16N2O2. The van der Waals surface area contributed by atoms with Crippen molar-refractivity contribution >= 4 is 16.9 Å². The number of aromatic nitrogens is 1. The summed E-state index contributed by atoms with van der Waals surface area (Å²) in [5, 5.41) is 10.4. The maximum atomic E-state index is 11.9. The van der Waals surface area contributed by atoms with Gasteiger partial charge in [-0.25, -0.2) is 0 Å². The van der Waals surface area contributed by atoms with E-state index in [-0.39, 0.29) is 18.3 Å². The summed E-state index contributed by atoms with van der Waals surface area (Å²) in [6, 6.07) is 17.6. The maximum absolute atomic E-state index is 11.9. The number of esters is 1. The van der Waals surface area contributed by atoms with Crippen LogP contribution in [0, 0.1) is 11.3 Å². The van der Waals surface area contributed by atoms with E-state index >= 15 is 0 Å². The number of fused-ring (bicyclic) bond motifs is 1. The van der Waals surface area contributed by atoms with Gasteiger partial charge in [0.05, 0.1) is 25.2 Å². The molecule has 4 nitrogen and oxygen atoms in total. The zero-order chi connectivity index (χ0) is 16.2. The SMILES string of the molecule is COC(=O)CC(c1ccc2[nH]ccc2c1)c1ccccc1C#N. The highest BCUT2D eigenvalue weighted by molar-refractivity contribution is 5.81. The molecule has 0 aliphatic heterocycles. The normalized spacial score (nSPS) is 11.8. The largest absolute Gasteiger partial charge is 0.469 e. The summed E-state index contributed by atoms with van der Waals surface area (Å²) in [4.78, 5) is 15.0. The molecule has 3 aromatic rings. The topological polar surface area (TPSA) is 65.9 Å². The van der Waals surface area contributed by atoms with Crippen molar-refractivity contribution in [1.82, 2.24) is 4.98 Å². The maximum Gasteiger partial charge on any atom is 0.306 e. The minimum Gasteiger partial charge on any atom is -0.469 e. The van der Waals surface area contributed by atoms with E-state index in [1.165, 1.54) is 7.11 Å². The number of carbonyl (C=O) groups is 1. The quantitative estimate of drug-likeness (QED) is 0.747. The molecule has 0 spiro atoms. The van der Waals surface area contributed by atoms with Crippen LogP contribution in [0.2, 0.25) is 0 Å². The van der Waals surface area contributed by atoms with Crippen molar-refractivity contribution in [2.24, 2.45) is 0 Å². The highest BCUT2D eigenvalue weighted by Crippen LogP contribution is 2.32. The molecule has 0 radical (unpaired) electrons. The third-order valence-electron chi connectivity index (χ3n) is 4.03. The average molecular weight is 304 g/mol. The summed E-state index contributed by atoms with van der Waals surface area (Å²) in [5.74, 6) is -0.505. The predicted octanol–water partition coefficient (Wildman–Crippen LogP) is 3.73. The number of benzene rings is 2. The number of carbonyl (C=O) groups excluding carboxylic acids is 1. The minimum atomic E-state index is -0.295. The monoisotopic (exact) mass is 304 g/mol. The van der Waals surface area contributed by atoms with Crippen LogP contribution >= 0.6 is 0 Å². The lowest BCUT2D eigenvalue weighted by molar-refractivity contribution is -0.140. The molecule has 0 aliphatic carbocycles. The van der Waals surface area contributed by atoms with Crippen LogP contribution in [0.15, 0.2) is 54.7 Å². The second kappa shape index (κ2) is 6.37. The van der Waals surface area contributed by atoms with Crippen LogP contribution in [-0.4, -0.2) is 18.1 Å². The van der Waals surface area contributed by atoms with E-state index in [0.717, 1.165) is 22.0 Å². The van der Waals surface area contributed by atoms with E-state index in [0.29, 0.717) is 5.56 Å². The van der Waals surface area contributed by atoms with Crippen LogP contribution in [0.3, 0.4) is 0 Å². The lowest BCUT2D eigenvalue weighted by Crippen LogP contribution is -2.11. The number of rotatable bonds is 4. The molecule has 0 saturated carbocycles. The van der Waals surface area contributed by atoms with Gasteiger partial charge in [-0.2, -0.15) is 5.26 Å². The lowest BCUT2D eigenvalue weighted by atomic mass is 9.85. The fraction of sp³-hybridized carbons (Fsp3) is 0.158. The highest BCUT2D eigenvalue weighted by atomic mass is 16.5. The minimum absolute atomic E-state index is 0.200. The lowest BCUT2D eigenvalue weighted by Gasteiger charge is -2.18. The number of H-pyrrole nitrogens is 1. The molecule has 23 heavy (non-hydrogen) atoms. The van der Waals surface area contributed by atoms with Crippen molar-refractivity contribution in [1.29, 1.82) is 5.26 Å². The van der Waals surface area contributed by atoms with Gasteiger partial charge in [-0.1, -0.05) is 24.3 Å². The summed E-state index contributed by atoms with van der Waals surface area (Å²) in [7, 11) is 1.38. The Morgan fingerprint density at radius 3 is 2.87 bits per heavy atom. The van der Waals surface area contributed by atoms with Gasteiger partial charge in [0.1, 0.15) is 0 Å². The molecule has 0 fully saturated rings. The molecule has 0 aliphatic rings. The first-order chi connectivity index (χ1) is 11.2. The van der Waals surface area contributed by atoms with Gasteiger partial charge in [0.25, 0.3) is 0 Å². The number of nitrogens with zero attached hydrogens (tertiary/aromatic N) is 1. The van der Waals surface area contributed by atoms with E-state index in [9.17, 15) is 10.1 Å². The van der Waals surface area contributed by atoms with E-state index in [1.807, 2.05) is 48.7 Å². The van der Waals surface area contributed by atoms with E-state index < -0.39 is 0 Å². The summed E-state index contributed by atoms with van der Waals surface area (Å²) in [5.41, 5.74) is 3.45. The molecule has 0 saturated heterocycles. The van der Waals surface area contributed by atoms with Crippen molar-refractivity contribution in [3.63, 3.8) is 0 Å². The smallest absolute Gasteiger partial charge is 0.306 e. The third-order valence-corrected chi connectivity index (χ3v) is 4.03. The number of nitriles is 1. The van der Waals surface area contributed by atoms with Gasteiger partial charge in [-0.3, -0.25) is 4.79 Å². The van der Waals surface area contributed by atoms with E-state index in [2.05, 4.69) is 11.1 Å². The zero-order valence-electron chi connectivity index (χ0n) is 12.7. The molecule has 114 valence electrons. The molecule has 0 bridgehead atoms. The molecule has 3 rings (SSSR count). The summed E-state index contributed by atoms with van der Waals surface area (Å²) < 4.78 is 4.84. The summed E-state index contributed by atoms with van der Waals surface area (Å²) in [6.45, 7) is 0. The number of nitrogens with one attached hydrogen (secondary N) is 1. The van der Waals surface area contributed by atoms with Crippen molar-refractivity contribution in [3.8, 4) is 6.07 Å². The number of ether oxygens (including phenoxy) is 1. The predicted molar refractivity (Wildman–Crippen MR) is 87.9 cm³/mol. The van der Waals surface area contributed by atoms with Crippen LogP contribution in [0.25, 0.3) is 10.9 Å². The Kier molecular flexibility index (Phi) is 4.11. The Bertz CT molecular complexity index is 890. The molecule has 2 aromatic carbocycles. The van der Waals surface area contributed by atoms with Crippen molar-refractivity contribution in [2.75, 3.05) is 7.11 Å². The van der Waals surface area contributed by atoms with Crippen molar-refractivity contribution in [2.45, 2.75) is 12.3 Å². The van der Waals surface area contributed by atoms with Gasteiger partial charge in [0.2, 0.25) is 0 Å². The molecular weight excluding hydrogens is 288 g/mol. The van der Waals surface area contributed by atoms with Gasteiger partial charge < -0.3 is 9.72 Å². The Morgan fingerprint density at radius 2 is 2.09 bits per heavy atom. The van der Waals surface area contributed by atoms with Crippen LogP contribution < -0.4 is 0 Å². The van der Waals surface area contributed by atoms with E-state index in [4.69, 9.17) is 4.74 Å². The number of aromatic amines is 1. The second-order valence-corrected chi connectivity index (χ2v) is 5.36. The summed E-state index contributed by atoms with van der Waals surface area (Å²) >= 11 is 0. The molecule has 1 unspecified atom stereocenters. The van der Waals surface area contributed by atoms with Crippen LogP contribution in [0.4, 0.5) is 0 Å².